The molecule has 1 fully saturated rings. The Morgan fingerprint density at radius 2 is 1.93 bits per heavy atom. The zero-order chi connectivity index (χ0) is 20.4. The molecule has 0 saturated carbocycles. The molecule has 0 aliphatic carbocycles. The Hall–Kier alpha value is -3.06. The molecule has 0 radical (unpaired) electrons. The van der Waals surface area contributed by atoms with Gasteiger partial charge < -0.3 is 23.9 Å². The van der Waals surface area contributed by atoms with Gasteiger partial charge in [0.15, 0.2) is 23.0 Å². The van der Waals surface area contributed by atoms with Gasteiger partial charge >= 0.3 is 0 Å². The Kier molecular flexibility index (Phi) is 5.15. The van der Waals surface area contributed by atoms with Gasteiger partial charge in [0.05, 0.1) is 27.4 Å². The molecular weight excluding hydrogens is 372 g/mol. The summed E-state index contributed by atoms with van der Waals surface area (Å²) >= 11 is 0. The van der Waals surface area contributed by atoms with E-state index < -0.39 is 0 Å². The van der Waals surface area contributed by atoms with Crippen molar-refractivity contribution in [1.29, 1.82) is 0 Å². The number of nitrogens with one attached hydrogen (secondary N) is 1. The van der Waals surface area contributed by atoms with Crippen molar-refractivity contribution in [3.8, 4) is 11.5 Å². The van der Waals surface area contributed by atoms with Crippen molar-refractivity contribution < 1.29 is 23.4 Å². The van der Waals surface area contributed by atoms with Crippen LogP contribution in [-0.2, 0) is 11.2 Å². The van der Waals surface area contributed by atoms with Crippen LogP contribution in [0.5, 0.6) is 11.5 Å². The summed E-state index contributed by atoms with van der Waals surface area (Å²) in [6, 6.07) is 11.0. The number of aromatic nitrogens is 1. The Morgan fingerprint density at radius 1 is 1.14 bits per heavy atom. The molecule has 1 N–H and O–H groups in total. The molecule has 1 aliphatic rings. The maximum atomic E-state index is 12.5. The molecule has 152 valence electrons. The smallest absolute Gasteiger partial charge is 0.251 e. The molecule has 1 amide bonds. The first-order valence-corrected chi connectivity index (χ1v) is 9.46. The highest BCUT2D eigenvalue weighted by atomic mass is 16.5. The molecule has 1 saturated heterocycles. The summed E-state index contributed by atoms with van der Waals surface area (Å²) in [5.41, 5.74) is 2.87. The predicted octanol–water partition coefficient (Wildman–Crippen LogP) is 3.20. The Morgan fingerprint density at radius 3 is 2.62 bits per heavy atom. The molecule has 3 aromatic rings. The summed E-state index contributed by atoms with van der Waals surface area (Å²) in [4.78, 5) is 17.0. The zero-order valence-corrected chi connectivity index (χ0v) is 16.8. The van der Waals surface area contributed by atoms with E-state index in [1.165, 1.54) is 0 Å². The number of carbonyl (C=O) groups is 1. The van der Waals surface area contributed by atoms with Crippen LogP contribution in [0.4, 0.5) is 0 Å². The second-order valence-corrected chi connectivity index (χ2v) is 7.64. The SMILES string of the molecule is COc1ccc(Cc2nc3ccc(C(=O)NCC4(C)COC4)cc3o2)cc1OC. The second-order valence-electron chi connectivity index (χ2n) is 7.64. The lowest BCUT2D eigenvalue weighted by atomic mass is 9.88. The molecule has 0 atom stereocenters. The molecule has 2 aromatic carbocycles. The molecule has 2 heterocycles. The fourth-order valence-corrected chi connectivity index (χ4v) is 3.30. The first kappa shape index (κ1) is 19.3. The molecule has 1 aliphatic heterocycles. The van der Waals surface area contributed by atoms with E-state index >= 15 is 0 Å². The van der Waals surface area contributed by atoms with E-state index in [4.69, 9.17) is 18.6 Å². The van der Waals surface area contributed by atoms with Gasteiger partial charge in [0, 0.05) is 23.9 Å². The van der Waals surface area contributed by atoms with Gasteiger partial charge in [-0.25, -0.2) is 4.98 Å². The van der Waals surface area contributed by atoms with E-state index in [1.54, 1.807) is 32.4 Å². The number of carbonyl (C=O) groups excluding carboxylic acids is 1. The van der Waals surface area contributed by atoms with Crippen molar-refractivity contribution >= 4 is 17.0 Å². The summed E-state index contributed by atoms with van der Waals surface area (Å²) in [7, 11) is 3.21. The van der Waals surface area contributed by atoms with Gasteiger partial charge in [-0.3, -0.25) is 4.79 Å². The van der Waals surface area contributed by atoms with E-state index in [-0.39, 0.29) is 11.3 Å². The number of amides is 1. The lowest BCUT2D eigenvalue weighted by Gasteiger charge is -2.38. The van der Waals surface area contributed by atoms with E-state index in [2.05, 4.69) is 17.2 Å². The molecule has 4 rings (SSSR count). The van der Waals surface area contributed by atoms with Crippen molar-refractivity contribution in [3.63, 3.8) is 0 Å². The summed E-state index contributed by atoms with van der Waals surface area (Å²) in [6.45, 7) is 4.03. The number of fused-ring (bicyclic) bond motifs is 1. The summed E-state index contributed by atoms with van der Waals surface area (Å²) in [5, 5.41) is 2.97. The van der Waals surface area contributed by atoms with E-state index in [0.29, 0.717) is 54.7 Å². The molecule has 29 heavy (non-hydrogen) atoms. The molecule has 0 unspecified atom stereocenters. The highest BCUT2D eigenvalue weighted by Crippen LogP contribution is 2.29. The van der Waals surface area contributed by atoms with Crippen LogP contribution in [0.25, 0.3) is 11.1 Å². The number of benzene rings is 2. The normalized spacial score (nSPS) is 15.0. The minimum atomic E-state index is -0.127. The third kappa shape index (κ3) is 4.05. The molecule has 7 nitrogen and oxygen atoms in total. The molecule has 0 spiro atoms. The van der Waals surface area contributed by atoms with Crippen molar-refractivity contribution in [1.82, 2.24) is 10.3 Å². The maximum Gasteiger partial charge on any atom is 0.251 e. The topological polar surface area (TPSA) is 82.8 Å². The minimum absolute atomic E-state index is 0.0264. The van der Waals surface area contributed by atoms with Crippen LogP contribution < -0.4 is 14.8 Å². The summed E-state index contributed by atoms with van der Waals surface area (Å²) in [5.74, 6) is 1.78. The van der Waals surface area contributed by atoms with Gasteiger partial charge in [-0.05, 0) is 35.9 Å². The monoisotopic (exact) mass is 396 g/mol. The number of rotatable bonds is 7. The van der Waals surface area contributed by atoms with Crippen molar-refractivity contribution in [3.05, 3.63) is 53.4 Å². The van der Waals surface area contributed by atoms with Gasteiger partial charge in [0.1, 0.15) is 5.52 Å². The van der Waals surface area contributed by atoms with Crippen LogP contribution in [0.3, 0.4) is 0 Å². The van der Waals surface area contributed by atoms with Gasteiger partial charge in [-0.2, -0.15) is 0 Å². The first-order chi connectivity index (χ1) is 14.0. The van der Waals surface area contributed by atoms with Crippen LogP contribution in [0.15, 0.2) is 40.8 Å². The van der Waals surface area contributed by atoms with Crippen LogP contribution in [0.1, 0.15) is 28.7 Å². The van der Waals surface area contributed by atoms with E-state index in [0.717, 1.165) is 11.1 Å². The maximum absolute atomic E-state index is 12.5. The number of hydrogen-bond donors (Lipinski definition) is 1. The predicted molar refractivity (Wildman–Crippen MR) is 108 cm³/mol. The Bertz CT molecular complexity index is 1040. The van der Waals surface area contributed by atoms with Gasteiger partial charge in [0.2, 0.25) is 0 Å². The third-order valence-electron chi connectivity index (χ3n) is 5.07. The van der Waals surface area contributed by atoms with Crippen molar-refractivity contribution in [2.75, 3.05) is 34.0 Å². The van der Waals surface area contributed by atoms with Crippen LogP contribution in [-0.4, -0.2) is 44.9 Å². The standard InChI is InChI=1S/C22H24N2O5/c1-22(12-28-13-22)11-23-21(25)15-5-6-16-18(10-15)29-20(24-16)9-14-4-7-17(26-2)19(8-14)27-3/h4-8,10H,9,11-13H2,1-3H3,(H,23,25). The number of ether oxygens (including phenoxy) is 3. The van der Waals surface area contributed by atoms with Crippen LogP contribution >= 0.6 is 0 Å². The first-order valence-electron chi connectivity index (χ1n) is 9.46. The second kappa shape index (κ2) is 7.75. The number of hydrogen-bond acceptors (Lipinski definition) is 6. The third-order valence-corrected chi connectivity index (χ3v) is 5.07. The lowest BCUT2D eigenvalue weighted by Crippen LogP contribution is -2.48. The summed E-state index contributed by atoms with van der Waals surface area (Å²) in [6.07, 6.45) is 0.509. The van der Waals surface area contributed by atoms with Crippen LogP contribution in [0.2, 0.25) is 0 Å². The Balaban J connectivity index is 1.49. The molecule has 1 aromatic heterocycles. The van der Waals surface area contributed by atoms with E-state index in [9.17, 15) is 4.79 Å². The van der Waals surface area contributed by atoms with Crippen molar-refractivity contribution in [2.24, 2.45) is 5.41 Å². The molecule has 7 heteroatoms. The molecule has 0 bridgehead atoms. The van der Waals surface area contributed by atoms with E-state index in [1.807, 2.05) is 18.2 Å². The average molecular weight is 396 g/mol. The van der Waals surface area contributed by atoms with Gasteiger partial charge in [0.25, 0.3) is 5.91 Å². The Labute approximate surface area is 169 Å². The number of nitrogens with zero attached hydrogens (tertiary/aromatic N) is 1. The van der Waals surface area contributed by atoms with Crippen molar-refractivity contribution in [2.45, 2.75) is 13.3 Å². The average Bonchev–Trinajstić information content (AvgIpc) is 3.11. The molecular formula is C22H24N2O5. The van der Waals surface area contributed by atoms with Gasteiger partial charge in [-0.1, -0.05) is 13.0 Å². The largest absolute Gasteiger partial charge is 0.493 e. The minimum Gasteiger partial charge on any atom is -0.493 e. The highest BCUT2D eigenvalue weighted by Gasteiger charge is 2.33. The zero-order valence-electron chi connectivity index (χ0n) is 16.8. The number of methoxy groups -OCH3 is 2. The van der Waals surface area contributed by atoms with Crippen LogP contribution in [0, 0.1) is 5.41 Å². The quantitative estimate of drug-likeness (QED) is 0.660. The number of oxazole rings is 1. The fourth-order valence-electron chi connectivity index (χ4n) is 3.30. The highest BCUT2D eigenvalue weighted by molar-refractivity contribution is 5.97. The lowest BCUT2D eigenvalue weighted by molar-refractivity contribution is -0.0978. The summed E-state index contributed by atoms with van der Waals surface area (Å²) < 4.78 is 21.7. The fraction of sp³-hybridized carbons (Fsp3) is 0.364. The van der Waals surface area contributed by atoms with Gasteiger partial charge in [-0.15, -0.1) is 0 Å².